The maximum Gasteiger partial charge on any atom is 0.331 e. The summed E-state index contributed by atoms with van der Waals surface area (Å²) in [5, 5.41) is 0. The molecule has 0 spiro atoms. The molecule has 3 heteroatoms. The fourth-order valence-corrected chi connectivity index (χ4v) is 2.10. The summed E-state index contributed by atoms with van der Waals surface area (Å²) in [7, 11) is 0. The van der Waals surface area contributed by atoms with E-state index in [0.717, 1.165) is 12.0 Å². The molecular formula is C17H16O3. The first-order valence-electron chi connectivity index (χ1n) is 6.67. The minimum absolute atomic E-state index is 0.152. The van der Waals surface area contributed by atoms with E-state index in [2.05, 4.69) is 5.73 Å². The first-order chi connectivity index (χ1) is 9.69. The summed E-state index contributed by atoms with van der Waals surface area (Å²) in [6.45, 7) is 4.01. The van der Waals surface area contributed by atoms with Crippen LogP contribution in [0.5, 0.6) is 0 Å². The van der Waals surface area contributed by atoms with Gasteiger partial charge >= 0.3 is 5.97 Å². The Morgan fingerprint density at radius 1 is 1.25 bits per heavy atom. The predicted octanol–water partition coefficient (Wildman–Crippen LogP) is 3.32. The maximum atomic E-state index is 12.4. The lowest BCUT2D eigenvalue weighted by atomic mass is 10.1. The molecule has 1 aromatic carbocycles. The molecule has 0 aliphatic heterocycles. The number of hydrogen-bond acceptors (Lipinski definition) is 3. The van der Waals surface area contributed by atoms with Crippen molar-refractivity contribution >= 4 is 17.3 Å². The normalized spacial score (nSPS) is 15.0. The van der Waals surface area contributed by atoms with Crippen LogP contribution in [0, 0.1) is 0 Å². The van der Waals surface area contributed by atoms with Gasteiger partial charge in [-0.2, -0.15) is 0 Å². The summed E-state index contributed by atoms with van der Waals surface area (Å²) in [4.78, 5) is 24.0. The monoisotopic (exact) mass is 268 g/mol. The molecule has 0 atom stereocenters. The van der Waals surface area contributed by atoms with Crippen LogP contribution in [0.15, 0.2) is 47.7 Å². The molecule has 0 N–H and O–H groups in total. The third-order valence-corrected chi connectivity index (χ3v) is 2.95. The summed E-state index contributed by atoms with van der Waals surface area (Å²) in [6, 6.07) is 7.31. The Morgan fingerprint density at radius 2 is 1.95 bits per heavy atom. The Hall–Kier alpha value is -2.38. The van der Waals surface area contributed by atoms with Crippen molar-refractivity contribution in [3.63, 3.8) is 0 Å². The van der Waals surface area contributed by atoms with Gasteiger partial charge in [0.25, 0.3) is 0 Å². The van der Waals surface area contributed by atoms with Crippen molar-refractivity contribution in [3.05, 3.63) is 58.8 Å². The lowest BCUT2D eigenvalue weighted by Gasteiger charge is -1.99. The van der Waals surface area contributed by atoms with Crippen LogP contribution in [0.25, 0.3) is 5.57 Å². The van der Waals surface area contributed by atoms with Gasteiger partial charge in [0.15, 0.2) is 5.78 Å². The number of benzene rings is 1. The quantitative estimate of drug-likeness (QED) is 0.480. The number of esters is 1. The molecule has 0 fully saturated rings. The maximum absolute atomic E-state index is 12.4. The van der Waals surface area contributed by atoms with Crippen LogP contribution < -0.4 is 0 Å². The zero-order valence-electron chi connectivity index (χ0n) is 11.6. The van der Waals surface area contributed by atoms with Crippen molar-refractivity contribution in [2.75, 3.05) is 6.61 Å². The molecule has 0 bridgehead atoms. The standard InChI is InChI=1S/C17H16O3/c1-3-5-8-13-12-9-6-7-10-14(12)17(19)15(13)11-16(18)20-4-2/h5-7,9-11H,3-4H2,1-2H3/b15-11-. The molecular weight excluding hydrogens is 252 g/mol. The van der Waals surface area contributed by atoms with Gasteiger partial charge in [0.05, 0.1) is 6.61 Å². The van der Waals surface area contributed by atoms with Gasteiger partial charge < -0.3 is 4.74 Å². The second-order valence-corrected chi connectivity index (χ2v) is 4.32. The molecule has 3 nitrogen and oxygen atoms in total. The largest absolute Gasteiger partial charge is 0.463 e. The number of carbonyl (C=O) groups excluding carboxylic acids is 2. The zero-order chi connectivity index (χ0) is 14.5. The van der Waals surface area contributed by atoms with Crippen molar-refractivity contribution in [3.8, 4) is 0 Å². The number of allylic oxidation sites excluding steroid dienone is 2. The van der Waals surface area contributed by atoms with Crippen LogP contribution in [0.4, 0.5) is 0 Å². The molecule has 20 heavy (non-hydrogen) atoms. The lowest BCUT2D eigenvalue weighted by molar-refractivity contribution is -0.137. The second-order valence-electron chi connectivity index (χ2n) is 4.32. The third-order valence-electron chi connectivity index (χ3n) is 2.95. The number of Topliss-reactive ketones (excluding diaryl/α,β-unsaturated/α-hetero) is 1. The fraction of sp³-hybridized carbons (Fsp3) is 0.235. The van der Waals surface area contributed by atoms with E-state index in [1.54, 1.807) is 13.0 Å². The number of ether oxygens (including phenoxy) is 1. The molecule has 102 valence electrons. The topological polar surface area (TPSA) is 43.4 Å². The van der Waals surface area contributed by atoms with Gasteiger partial charge in [-0.3, -0.25) is 4.79 Å². The van der Waals surface area contributed by atoms with E-state index in [1.165, 1.54) is 6.08 Å². The molecule has 1 aliphatic rings. The Labute approximate surface area is 118 Å². The Morgan fingerprint density at radius 3 is 2.60 bits per heavy atom. The van der Waals surface area contributed by atoms with Gasteiger partial charge in [-0.25, -0.2) is 4.79 Å². The summed E-state index contributed by atoms with van der Waals surface area (Å²) in [5.41, 5.74) is 5.56. The highest BCUT2D eigenvalue weighted by atomic mass is 16.5. The average Bonchev–Trinajstić information content (AvgIpc) is 2.71. The molecule has 0 saturated heterocycles. The zero-order valence-corrected chi connectivity index (χ0v) is 11.6. The molecule has 0 heterocycles. The number of fused-ring (bicyclic) bond motifs is 1. The lowest BCUT2D eigenvalue weighted by Crippen LogP contribution is -2.04. The van der Waals surface area contributed by atoms with E-state index >= 15 is 0 Å². The summed E-state index contributed by atoms with van der Waals surface area (Å²) in [5.74, 6) is -0.653. The van der Waals surface area contributed by atoms with Crippen LogP contribution in [-0.4, -0.2) is 18.4 Å². The highest BCUT2D eigenvalue weighted by molar-refractivity contribution is 6.28. The Balaban J connectivity index is 2.56. The predicted molar refractivity (Wildman–Crippen MR) is 77.3 cm³/mol. The van der Waals surface area contributed by atoms with Crippen molar-refractivity contribution in [2.45, 2.75) is 20.3 Å². The van der Waals surface area contributed by atoms with Crippen molar-refractivity contribution in [1.82, 2.24) is 0 Å². The number of ketones is 1. The Bertz CT molecular complexity index is 644. The van der Waals surface area contributed by atoms with Gasteiger partial charge in [-0.05, 0) is 19.4 Å². The minimum atomic E-state index is -0.501. The molecule has 0 amide bonds. The first kappa shape index (κ1) is 14.0. The van der Waals surface area contributed by atoms with Gasteiger partial charge in [-0.1, -0.05) is 31.2 Å². The highest BCUT2D eigenvalue weighted by Gasteiger charge is 2.30. The second kappa shape index (κ2) is 6.18. The van der Waals surface area contributed by atoms with E-state index in [9.17, 15) is 9.59 Å². The molecule has 0 radical (unpaired) electrons. The van der Waals surface area contributed by atoms with Crippen molar-refractivity contribution < 1.29 is 14.3 Å². The number of rotatable bonds is 3. The summed E-state index contributed by atoms with van der Waals surface area (Å²) in [6.07, 6.45) is 3.92. The van der Waals surface area contributed by atoms with E-state index < -0.39 is 5.97 Å². The number of hydrogen-bond donors (Lipinski definition) is 0. The van der Waals surface area contributed by atoms with Crippen molar-refractivity contribution in [1.29, 1.82) is 0 Å². The van der Waals surface area contributed by atoms with E-state index in [0.29, 0.717) is 16.7 Å². The van der Waals surface area contributed by atoms with Crippen molar-refractivity contribution in [2.24, 2.45) is 0 Å². The third kappa shape index (κ3) is 2.63. The molecule has 0 aromatic heterocycles. The van der Waals surface area contributed by atoms with Crippen LogP contribution >= 0.6 is 0 Å². The smallest absolute Gasteiger partial charge is 0.331 e. The first-order valence-corrected chi connectivity index (χ1v) is 6.67. The van der Waals surface area contributed by atoms with Gasteiger partial charge in [0, 0.05) is 28.3 Å². The summed E-state index contributed by atoms with van der Waals surface area (Å²) < 4.78 is 4.88. The molecule has 1 aromatic rings. The fourth-order valence-electron chi connectivity index (χ4n) is 2.10. The summed E-state index contributed by atoms with van der Waals surface area (Å²) >= 11 is 0. The van der Waals surface area contributed by atoms with Crippen LogP contribution in [-0.2, 0) is 9.53 Å². The highest BCUT2D eigenvalue weighted by Crippen LogP contribution is 2.35. The van der Waals surface area contributed by atoms with Crippen LogP contribution in [0.1, 0.15) is 36.2 Å². The van der Waals surface area contributed by atoms with E-state index in [1.807, 2.05) is 31.2 Å². The van der Waals surface area contributed by atoms with Gasteiger partial charge in [0.1, 0.15) is 0 Å². The molecule has 2 rings (SSSR count). The van der Waals surface area contributed by atoms with Gasteiger partial charge in [-0.15, -0.1) is 5.73 Å². The van der Waals surface area contributed by atoms with Gasteiger partial charge in [0.2, 0.25) is 0 Å². The average molecular weight is 268 g/mol. The van der Waals surface area contributed by atoms with E-state index in [4.69, 9.17) is 4.74 Å². The molecule has 0 saturated carbocycles. The SMILES string of the molecule is CCC=C=C1/C(=C/C(=O)OCC)C(=O)c2ccccc21. The molecule has 0 unspecified atom stereocenters. The minimum Gasteiger partial charge on any atom is -0.463 e. The number of carbonyl (C=O) groups is 2. The molecule has 1 aliphatic carbocycles. The van der Waals surface area contributed by atoms with Crippen LogP contribution in [0.2, 0.25) is 0 Å². The Kier molecular flexibility index (Phi) is 4.34. The van der Waals surface area contributed by atoms with E-state index in [-0.39, 0.29) is 12.4 Å². The van der Waals surface area contributed by atoms with Crippen LogP contribution in [0.3, 0.4) is 0 Å².